The SMILES string of the molecule is Cc1nccn1CCCNC(=O)NCC(=O)Nc1nccs1. The predicted octanol–water partition coefficient (Wildman–Crippen LogP) is 0.976. The van der Waals surface area contributed by atoms with Gasteiger partial charge in [-0.25, -0.2) is 14.8 Å². The number of imidazole rings is 1. The zero-order chi connectivity index (χ0) is 15.8. The number of hydrogen-bond donors (Lipinski definition) is 3. The van der Waals surface area contributed by atoms with Gasteiger partial charge in [-0.1, -0.05) is 0 Å². The number of rotatable bonds is 7. The van der Waals surface area contributed by atoms with E-state index in [9.17, 15) is 9.59 Å². The quantitative estimate of drug-likeness (QED) is 0.661. The Kier molecular flexibility index (Phi) is 5.90. The van der Waals surface area contributed by atoms with E-state index in [1.54, 1.807) is 17.8 Å². The molecule has 0 aliphatic heterocycles. The Morgan fingerprint density at radius 1 is 1.27 bits per heavy atom. The van der Waals surface area contributed by atoms with Gasteiger partial charge in [0.15, 0.2) is 5.13 Å². The molecule has 0 aromatic carbocycles. The molecule has 2 aromatic heterocycles. The van der Waals surface area contributed by atoms with Crippen LogP contribution in [0.15, 0.2) is 24.0 Å². The summed E-state index contributed by atoms with van der Waals surface area (Å²) >= 11 is 1.32. The average Bonchev–Trinajstić information content (AvgIpc) is 3.13. The molecular weight excluding hydrogens is 304 g/mol. The smallest absolute Gasteiger partial charge is 0.315 e. The van der Waals surface area contributed by atoms with Gasteiger partial charge < -0.3 is 20.5 Å². The van der Waals surface area contributed by atoms with E-state index in [1.807, 2.05) is 17.7 Å². The standard InChI is InChI=1S/C13H18N6O2S/c1-10-14-4-7-19(10)6-2-3-15-12(21)17-9-11(20)18-13-16-5-8-22-13/h4-5,7-8H,2-3,6,9H2,1H3,(H2,15,17,21)(H,16,18,20). The monoisotopic (exact) mass is 322 g/mol. The highest BCUT2D eigenvalue weighted by Gasteiger charge is 2.06. The second-order valence-corrected chi connectivity index (χ2v) is 5.41. The summed E-state index contributed by atoms with van der Waals surface area (Å²) in [5.41, 5.74) is 0. The fourth-order valence-electron chi connectivity index (χ4n) is 1.76. The molecule has 0 atom stereocenters. The van der Waals surface area contributed by atoms with Crippen molar-refractivity contribution in [2.75, 3.05) is 18.4 Å². The highest BCUT2D eigenvalue weighted by Crippen LogP contribution is 2.09. The van der Waals surface area contributed by atoms with Gasteiger partial charge in [0.05, 0.1) is 6.54 Å². The van der Waals surface area contributed by atoms with Crippen molar-refractivity contribution in [1.29, 1.82) is 0 Å². The molecule has 2 heterocycles. The summed E-state index contributed by atoms with van der Waals surface area (Å²) in [4.78, 5) is 31.1. The highest BCUT2D eigenvalue weighted by molar-refractivity contribution is 7.13. The molecule has 0 fully saturated rings. The number of aromatic nitrogens is 3. The first-order chi connectivity index (χ1) is 10.6. The maximum atomic E-state index is 11.5. The molecular formula is C13H18N6O2S. The summed E-state index contributed by atoms with van der Waals surface area (Å²) in [6, 6.07) is -0.364. The van der Waals surface area contributed by atoms with Crippen LogP contribution in [0, 0.1) is 6.92 Å². The van der Waals surface area contributed by atoms with Gasteiger partial charge in [-0.15, -0.1) is 11.3 Å². The average molecular weight is 322 g/mol. The molecule has 0 radical (unpaired) electrons. The largest absolute Gasteiger partial charge is 0.338 e. The van der Waals surface area contributed by atoms with E-state index in [1.165, 1.54) is 11.3 Å². The first-order valence-corrected chi connectivity index (χ1v) is 7.72. The third kappa shape index (κ3) is 5.17. The minimum Gasteiger partial charge on any atom is -0.338 e. The normalized spacial score (nSPS) is 10.2. The number of thiazole rings is 1. The summed E-state index contributed by atoms with van der Waals surface area (Å²) in [6.07, 6.45) is 6.03. The van der Waals surface area contributed by atoms with Crippen LogP contribution in [0.5, 0.6) is 0 Å². The molecule has 0 saturated heterocycles. The summed E-state index contributed by atoms with van der Waals surface area (Å²) in [7, 11) is 0. The number of urea groups is 1. The van der Waals surface area contributed by atoms with Gasteiger partial charge in [0.25, 0.3) is 0 Å². The van der Waals surface area contributed by atoms with Gasteiger partial charge in [0, 0.05) is 37.1 Å². The first-order valence-electron chi connectivity index (χ1n) is 6.84. The third-order valence-electron chi connectivity index (χ3n) is 2.87. The number of carbonyl (C=O) groups is 2. The molecule has 3 N–H and O–H groups in total. The topological polar surface area (TPSA) is 101 Å². The van der Waals surface area contributed by atoms with E-state index in [0.717, 1.165) is 18.8 Å². The van der Waals surface area contributed by atoms with Crippen molar-refractivity contribution in [2.24, 2.45) is 0 Å². The lowest BCUT2D eigenvalue weighted by Crippen LogP contribution is -2.40. The van der Waals surface area contributed by atoms with Crippen LogP contribution >= 0.6 is 11.3 Å². The van der Waals surface area contributed by atoms with Gasteiger partial charge in [-0.05, 0) is 13.3 Å². The molecule has 0 bridgehead atoms. The summed E-state index contributed by atoms with van der Waals surface area (Å²) < 4.78 is 2.01. The Balaban J connectivity index is 1.56. The molecule has 2 rings (SSSR count). The lowest BCUT2D eigenvalue weighted by Gasteiger charge is -2.08. The third-order valence-corrected chi connectivity index (χ3v) is 3.56. The van der Waals surface area contributed by atoms with Gasteiger partial charge in [-0.2, -0.15) is 0 Å². The Labute approximate surface area is 132 Å². The zero-order valence-electron chi connectivity index (χ0n) is 12.2. The highest BCUT2D eigenvalue weighted by atomic mass is 32.1. The Morgan fingerprint density at radius 3 is 2.82 bits per heavy atom. The van der Waals surface area contributed by atoms with Crippen LogP contribution in [0.2, 0.25) is 0 Å². The van der Waals surface area contributed by atoms with Crippen LogP contribution in [0.1, 0.15) is 12.2 Å². The van der Waals surface area contributed by atoms with Crippen molar-refractivity contribution in [3.63, 3.8) is 0 Å². The van der Waals surface area contributed by atoms with E-state index in [-0.39, 0.29) is 18.5 Å². The van der Waals surface area contributed by atoms with Crippen LogP contribution < -0.4 is 16.0 Å². The van der Waals surface area contributed by atoms with E-state index in [4.69, 9.17) is 0 Å². The van der Waals surface area contributed by atoms with E-state index < -0.39 is 0 Å². The van der Waals surface area contributed by atoms with Crippen molar-refractivity contribution in [1.82, 2.24) is 25.2 Å². The number of nitrogens with one attached hydrogen (secondary N) is 3. The zero-order valence-corrected chi connectivity index (χ0v) is 13.0. The molecule has 0 spiro atoms. The lowest BCUT2D eigenvalue weighted by atomic mass is 10.4. The molecule has 8 nitrogen and oxygen atoms in total. The second kappa shape index (κ2) is 8.13. The van der Waals surface area contributed by atoms with Crippen LogP contribution in [-0.4, -0.2) is 39.6 Å². The van der Waals surface area contributed by atoms with Crippen molar-refractivity contribution < 1.29 is 9.59 Å². The Morgan fingerprint density at radius 2 is 2.14 bits per heavy atom. The number of hydrogen-bond acceptors (Lipinski definition) is 5. The van der Waals surface area contributed by atoms with Crippen molar-refractivity contribution in [3.8, 4) is 0 Å². The minimum atomic E-state index is -0.364. The molecule has 0 aliphatic carbocycles. The minimum absolute atomic E-state index is 0.0912. The summed E-state index contributed by atoms with van der Waals surface area (Å²) in [5, 5.41) is 10.1. The molecule has 3 amide bonds. The second-order valence-electron chi connectivity index (χ2n) is 4.52. The fraction of sp³-hybridized carbons (Fsp3) is 0.385. The van der Waals surface area contributed by atoms with Gasteiger partial charge >= 0.3 is 6.03 Å². The molecule has 118 valence electrons. The Bertz CT molecular complexity index is 610. The number of anilines is 1. The predicted molar refractivity (Wildman–Crippen MR) is 83.7 cm³/mol. The number of aryl methyl sites for hydroxylation is 2. The fourth-order valence-corrected chi connectivity index (χ4v) is 2.31. The first kappa shape index (κ1) is 16.0. The van der Waals surface area contributed by atoms with Crippen LogP contribution in [0.4, 0.5) is 9.93 Å². The van der Waals surface area contributed by atoms with E-state index in [0.29, 0.717) is 11.7 Å². The van der Waals surface area contributed by atoms with Crippen LogP contribution in [0.25, 0.3) is 0 Å². The van der Waals surface area contributed by atoms with E-state index >= 15 is 0 Å². The molecule has 2 aromatic rings. The van der Waals surface area contributed by atoms with Crippen molar-refractivity contribution in [3.05, 3.63) is 29.8 Å². The molecule has 0 unspecified atom stereocenters. The summed E-state index contributed by atoms with van der Waals surface area (Å²) in [6.45, 7) is 3.15. The Hall–Kier alpha value is -2.42. The molecule has 9 heteroatoms. The number of carbonyl (C=O) groups excluding carboxylic acids is 2. The van der Waals surface area contributed by atoms with Gasteiger partial charge in [0.2, 0.25) is 5.91 Å². The van der Waals surface area contributed by atoms with Crippen molar-refractivity contribution in [2.45, 2.75) is 19.9 Å². The maximum Gasteiger partial charge on any atom is 0.315 e. The molecule has 0 aliphatic rings. The van der Waals surface area contributed by atoms with Crippen LogP contribution in [0.3, 0.4) is 0 Å². The molecule has 22 heavy (non-hydrogen) atoms. The number of nitrogens with zero attached hydrogens (tertiary/aromatic N) is 3. The lowest BCUT2D eigenvalue weighted by molar-refractivity contribution is -0.115. The summed E-state index contributed by atoms with van der Waals surface area (Å²) in [5.74, 6) is 0.641. The van der Waals surface area contributed by atoms with Gasteiger partial charge in [0.1, 0.15) is 5.82 Å². The van der Waals surface area contributed by atoms with Crippen molar-refractivity contribution >= 4 is 28.4 Å². The molecule has 0 saturated carbocycles. The van der Waals surface area contributed by atoms with E-state index in [2.05, 4.69) is 25.9 Å². The van der Waals surface area contributed by atoms with Crippen LogP contribution in [-0.2, 0) is 11.3 Å². The number of amides is 3. The maximum absolute atomic E-state index is 11.5. The van der Waals surface area contributed by atoms with Gasteiger partial charge in [-0.3, -0.25) is 4.79 Å².